The molecule has 24 heavy (non-hydrogen) atoms. The Balaban J connectivity index is 2.14. The monoisotopic (exact) mass is 320 g/mol. The molecule has 0 atom stereocenters. The minimum absolute atomic E-state index is 0.0369. The maximum absolute atomic E-state index is 13.2. The van der Waals surface area contributed by atoms with Gasteiger partial charge in [0.2, 0.25) is 0 Å². The summed E-state index contributed by atoms with van der Waals surface area (Å²) in [4.78, 5) is 14.9. The van der Waals surface area contributed by atoms with Crippen LogP contribution in [0.15, 0.2) is 48.5 Å². The molecule has 3 aromatic rings. The summed E-state index contributed by atoms with van der Waals surface area (Å²) in [5, 5.41) is 1.18. The van der Waals surface area contributed by atoms with Gasteiger partial charge in [-0.15, -0.1) is 0 Å². The van der Waals surface area contributed by atoms with Crippen molar-refractivity contribution in [3.05, 3.63) is 65.4 Å². The lowest BCUT2D eigenvalue weighted by atomic mass is 10.1. The third-order valence-electron chi connectivity index (χ3n) is 4.76. The Morgan fingerprint density at radius 1 is 1.08 bits per heavy atom. The number of hydrogen-bond donors (Lipinski definition) is 0. The first-order valence-electron chi connectivity index (χ1n) is 8.53. The van der Waals surface area contributed by atoms with E-state index < -0.39 is 0 Å². The van der Waals surface area contributed by atoms with Crippen molar-refractivity contribution < 1.29 is 4.79 Å². The van der Waals surface area contributed by atoms with Gasteiger partial charge in [0.1, 0.15) is 5.69 Å². The topological polar surface area (TPSA) is 25.2 Å². The van der Waals surface area contributed by atoms with Crippen molar-refractivity contribution in [1.29, 1.82) is 0 Å². The van der Waals surface area contributed by atoms with Crippen LogP contribution in [0, 0.1) is 6.92 Å². The van der Waals surface area contributed by atoms with E-state index in [-0.39, 0.29) is 5.91 Å². The molecule has 0 radical (unpaired) electrons. The first kappa shape index (κ1) is 16.3. The molecule has 3 nitrogen and oxygen atoms in total. The Kier molecular flexibility index (Phi) is 4.43. The van der Waals surface area contributed by atoms with Gasteiger partial charge in [-0.25, -0.2) is 0 Å². The Bertz CT molecular complexity index is 878. The first-order chi connectivity index (χ1) is 11.6. The lowest BCUT2D eigenvalue weighted by molar-refractivity contribution is 0.0984. The highest BCUT2D eigenvalue weighted by atomic mass is 16.2. The summed E-state index contributed by atoms with van der Waals surface area (Å²) in [6.07, 6.45) is 1.000. The summed E-state index contributed by atoms with van der Waals surface area (Å²) >= 11 is 0. The molecule has 3 heteroatoms. The molecule has 124 valence electrons. The number of aryl methyl sites for hydroxylation is 3. The van der Waals surface area contributed by atoms with Crippen molar-refractivity contribution in [2.45, 2.75) is 33.7 Å². The van der Waals surface area contributed by atoms with E-state index in [1.165, 1.54) is 10.9 Å². The molecule has 1 amide bonds. The molecule has 1 heterocycles. The zero-order chi connectivity index (χ0) is 17.3. The van der Waals surface area contributed by atoms with Gasteiger partial charge < -0.3 is 9.47 Å². The third kappa shape index (κ3) is 2.60. The van der Waals surface area contributed by atoms with Gasteiger partial charge in [0, 0.05) is 30.2 Å². The van der Waals surface area contributed by atoms with Crippen molar-refractivity contribution in [3.63, 3.8) is 0 Å². The van der Waals surface area contributed by atoms with E-state index in [2.05, 4.69) is 43.5 Å². The molecule has 0 aliphatic heterocycles. The van der Waals surface area contributed by atoms with Crippen LogP contribution < -0.4 is 4.90 Å². The van der Waals surface area contributed by atoms with Gasteiger partial charge in [-0.2, -0.15) is 0 Å². The number of aromatic nitrogens is 1. The average Bonchev–Trinajstić information content (AvgIpc) is 2.92. The van der Waals surface area contributed by atoms with Crippen LogP contribution in [0.25, 0.3) is 10.9 Å². The Hall–Kier alpha value is -2.55. The second-order valence-corrected chi connectivity index (χ2v) is 6.12. The minimum Gasteiger partial charge on any atom is -0.337 e. The normalized spacial score (nSPS) is 11.0. The number of carbonyl (C=O) groups excluding carboxylic acids is 1. The Morgan fingerprint density at radius 2 is 1.79 bits per heavy atom. The molecule has 0 fully saturated rings. The summed E-state index contributed by atoms with van der Waals surface area (Å²) in [6.45, 7) is 7.08. The Labute approximate surface area is 143 Å². The van der Waals surface area contributed by atoms with Crippen molar-refractivity contribution in [1.82, 2.24) is 4.57 Å². The summed E-state index contributed by atoms with van der Waals surface area (Å²) < 4.78 is 2.13. The number of nitrogens with zero attached hydrogens (tertiary/aromatic N) is 2. The SMILES string of the molecule is CCc1ccc2c(c1)c(C)c(C(=O)N(C)c1ccccc1)n2CC. The number of amides is 1. The van der Waals surface area contributed by atoms with Gasteiger partial charge in [-0.1, -0.05) is 31.2 Å². The van der Waals surface area contributed by atoms with E-state index in [0.717, 1.165) is 35.4 Å². The molecule has 0 saturated heterocycles. The number of para-hydroxylation sites is 1. The van der Waals surface area contributed by atoms with Crippen molar-refractivity contribution in [3.8, 4) is 0 Å². The smallest absolute Gasteiger partial charge is 0.274 e. The van der Waals surface area contributed by atoms with E-state index >= 15 is 0 Å². The minimum atomic E-state index is 0.0369. The van der Waals surface area contributed by atoms with Crippen molar-refractivity contribution in [2.24, 2.45) is 0 Å². The van der Waals surface area contributed by atoms with E-state index in [9.17, 15) is 4.79 Å². The number of rotatable bonds is 4. The highest BCUT2D eigenvalue weighted by Gasteiger charge is 2.23. The maximum atomic E-state index is 13.2. The fourth-order valence-corrected chi connectivity index (χ4v) is 3.32. The molecule has 0 unspecified atom stereocenters. The molecular formula is C21H24N2O. The summed E-state index contributed by atoms with van der Waals surface area (Å²) in [6, 6.07) is 16.3. The van der Waals surface area contributed by atoms with Gasteiger partial charge in [0.15, 0.2) is 0 Å². The van der Waals surface area contributed by atoms with E-state index in [0.29, 0.717) is 0 Å². The second kappa shape index (κ2) is 6.52. The molecular weight excluding hydrogens is 296 g/mol. The molecule has 0 aliphatic rings. The molecule has 1 aromatic heterocycles. The van der Waals surface area contributed by atoms with Crippen LogP contribution in [0.5, 0.6) is 0 Å². The number of hydrogen-bond acceptors (Lipinski definition) is 1. The lowest BCUT2D eigenvalue weighted by Gasteiger charge is -2.19. The summed E-state index contributed by atoms with van der Waals surface area (Å²) in [7, 11) is 1.84. The molecule has 0 bridgehead atoms. The van der Waals surface area contributed by atoms with E-state index in [1.54, 1.807) is 4.90 Å². The Morgan fingerprint density at radius 3 is 2.42 bits per heavy atom. The van der Waals surface area contributed by atoms with Gasteiger partial charge >= 0.3 is 0 Å². The highest BCUT2D eigenvalue weighted by molar-refractivity contribution is 6.09. The van der Waals surface area contributed by atoms with Crippen LogP contribution >= 0.6 is 0 Å². The largest absolute Gasteiger partial charge is 0.337 e. The highest BCUT2D eigenvalue weighted by Crippen LogP contribution is 2.29. The van der Waals surface area contributed by atoms with Crippen LogP contribution in [0.3, 0.4) is 0 Å². The number of benzene rings is 2. The van der Waals surface area contributed by atoms with E-state index in [4.69, 9.17) is 0 Å². The third-order valence-corrected chi connectivity index (χ3v) is 4.76. The molecule has 3 rings (SSSR count). The number of fused-ring (bicyclic) bond motifs is 1. The second-order valence-electron chi connectivity index (χ2n) is 6.12. The summed E-state index contributed by atoms with van der Waals surface area (Å²) in [5.41, 5.74) is 5.19. The van der Waals surface area contributed by atoms with Crippen molar-refractivity contribution >= 4 is 22.5 Å². The molecule has 2 aromatic carbocycles. The van der Waals surface area contributed by atoms with Crippen LogP contribution in [-0.4, -0.2) is 17.5 Å². The van der Waals surface area contributed by atoms with Gasteiger partial charge in [0.25, 0.3) is 5.91 Å². The van der Waals surface area contributed by atoms with Crippen molar-refractivity contribution in [2.75, 3.05) is 11.9 Å². The zero-order valence-corrected chi connectivity index (χ0v) is 14.8. The van der Waals surface area contributed by atoms with Gasteiger partial charge in [-0.05, 0) is 55.7 Å². The van der Waals surface area contributed by atoms with Crippen LogP contribution in [0.2, 0.25) is 0 Å². The average molecular weight is 320 g/mol. The number of carbonyl (C=O) groups is 1. The molecule has 0 spiro atoms. The van der Waals surface area contributed by atoms with Gasteiger partial charge in [0.05, 0.1) is 0 Å². The fraction of sp³-hybridized carbons (Fsp3) is 0.286. The molecule has 0 saturated carbocycles. The standard InChI is InChI=1S/C21H24N2O/c1-5-16-12-13-19-18(14-16)15(3)20(23(19)6-2)21(24)22(4)17-10-8-7-9-11-17/h7-14H,5-6H2,1-4H3. The number of anilines is 1. The molecule has 0 N–H and O–H groups in total. The predicted octanol–water partition coefficient (Wildman–Crippen LogP) is 4.81. The predicted molar refractivity (Wildman–Crippen MR) is 101 cm³/mol. The lowest BCUT2D eigenvalue weighted by Crippen LogP contribution is -2.29. The van der Waals surface area contributed by atoms with Gasteiger partial charge in [-0.3, -0.25) is 4.79 Å². The van der Waals surface area contributed by atoms with Crippen LogP contribution in [-0.2, 0) is 13.0 Å². The van der Waals surface area contributed by atoms with Crippen LogP contribution in [0.4, 0.5) is 5.69 Å². The van der Waals surface area contributed by atoms with Crippen LogP contribution in [0.1, 0.15) is 35.5 Å². The first-order valence-corrected chi connectivity index (χ1v) is 8.53. The quantitative estimate of drug-likeness (QED) is 0.677. The maximum Gasteiger partial charge on any atom is 0.274 e. The summed E-state index contributed by atoms with van der Waals surface area (Å²) in [5.74, 6) is 0.0369. The molecule has 0 aliphatic carbocycles. The zero-order valence-electron chi connectivity index (χ0n) is 14.8. The van der Waals surface area contributed by atoms with E-state index in [1.807, 2.05) is 37.4 Å². The fourth-order valence-electron chi connectivity index (χ4n) is 3.32.